The van der Waals surface area contributed by atoms with Gasteiger partial charge in [0.05, 0.1) is 5.57 Å². The number of hydrogen-bond donors (Lipinski definition) is 1. The Labute approximate surface area is 237 Å². The van der Waals surface area contributed by atoms with Gasteiger partial charge in [0.2, 0.25) is 11.1 Å². The Kier molecular flexibility index (Phi) is 8.81. The predicted molar refractivity (Wildman–Crippen MR) is 154 cm³/mol. The molecule has 206 valence electrons. The average Bonchev–Trinajstić information content (AvgIpc) is 3.38. The van der Waals surface area contributed by atoms with Gasteiger partial charge in [0.15, 0.2) is 0 Å². The number of esters is 1. The van der Waals surface area contributed by atoms with E-state index in [4.69, 9.17) is 14.6 Å². The zero-order valence-corrected chi connectivity index (χ0v) is 23.3. The summed E-state index contributed by atoms with van der Waals surface area (Å²) < 4.78 is 27.3. The van der Waals surface area contributed by atoms with Crippen LogP contribution in [0.1, 0.15) is 49.4 Å². The number of thioether (sulfide) groups is 1. The van der Waals surface area contributed by atoms with Crippen molar-refractivity contribution in [2.24, 2.45) is 0 Å². The lowest BCUT2D eigenvalue weighted by Gasteiger charge is -2.28. The van der Waals surface area contributed by atoms with Gasteiger partial charge >= 0.3 is 5.97 Å². The van der Waals surface area contributed by atoms with Crippen LogP contribution in [-0.2, 0) is 22.7 Å². The Hall–Kier alpha value is -4.11. The number of unbranched alkanes of at least 4 members (excludes halogenated alkanes) is 1. The van der Waals surface area contributed by atoms with Crippen molar-refractivity contribution < 1.29 is 18.7 Å². The van der Waals surface area contributed by atoms with Crippen molar-refractivity contribution in [2.45, 2.75) is 51.1 Å². The standard InChI is InChI=1S/C31H31FN4O3S/c1-3-4-18-40-31-34-30-33-21(2)27(29(37)39-19-22-10-6-5-7-11-22)28(36(30)35-31)23-14-16-25(17-15-23)38-20-24-12-8-9-13-26(24)32/h5-17,28H,3-4,18-20H2,1-2H3,(H,33,34,35). The third-order valence-corrected chi connectivity index (χ3v) is 7.47. The van der Waals surface area contributed by atoms with Gasteiger partial charge in [0.1, 0.15) is 30.8 Å². The quantitative estimate of drug-likeness (QED) is 0.122. The van der Waals surface area contributed by atoms with Gasteiger partial charge in [0, 0.05) is 17.0 Å². The summed E-state index contributed by atoms with van der Waals surface area (Å²) >= 11 is 1.59. The van der Waals surface area contributed by atoms with Gasteiger partial charge in [-0.05, 0) is 42.7 Å². The van der Waals surface area contributed by atoms with Crippen LogP contribution < -0.4 is 10.1 Å². The largest absolute Gasteiger partial charge is 0.489 e. The van der Waals surface area contributed by atoms with Crippen LogP contribution in [0.2, 0.25) is 0 Å². The second kappa shape index (κ2) is 12.8. The Bertz CT molecular complexity index is 1490. The third-order valence-electron chi connectivity index (χ3n) is 6.54. The van der Waals surface area contributed by atoms with Crippen molar-refractivity contribution in [1.29, 1.82) is 0 Å². The minimum atomic E-state index is -0.548. The molecule has 1 N–H and O–H groups in total. The Morgan fingerprint density at radius 3 is 2.52 bits per heavy atom. The van der Waals surface area contributed by atoms with Crippen LogP contribution in [0.5, 0.6) is 5.75 Å². The van der Waals surface area contributed by atoms with E-state index >= 15 is 0 Å². The fourth-order valence-electron chi connectivity index (χ4n) is 4.40. The molecule has 3 aromatic carbocycles. The van der Waals surface area contributed by atoms with Gasteiger partial charge < -0.3 is 14.8 Å². The Balaban J connectivity index is 1.41. The normalized spacial score (nSPS) is 14.4. The number of carbonyl (C=O) groups excluding carboxylic acids is 1. The van der Waals surface area contributed by atoms with Crippen LogP contribution >= 0.6 is 11.8 Å². The summed E-state index contributed by atoms with van der Waals surface area (Å²) in [6.45, 7) is 4.27. The summed E-state index contributed by atoms with van der Waals surface area (Å²) in [6.07, 6.45) is 2.15. The molecule has 0 amide bonds. The maximum absolute atomic E-state index is 14.0. The van der Waals surface area contributed by atoms with E-state index in [1.165, 1.54) is 6.07 Å². The number of benzene rings is 3. The molecule has 0 radical (unpaired) electrons. The maximum Gasteiger partial charge on any atom is 0.338 e. The highest BCUT2D eigenvalue weighted by Crippen LogP contribution is 2.37. The van der Waals surface area contributed by atoms with Gasteiger partial charge in [-0.25, -0.2) is 13.9 Å². The molecule has 1 atom stereocenters. The number of aromatic nitrogens is 3. The molecular weight excluding hydrogens is 527 g/mol. The highest BCUT2D eigenvalue weighted by Gasteiger charge is 2.35. The van der Waals surface area contributed by atoms with Crippen LogP contribution in [-0.4, -0.2) is 26.5 Å². The summed E-state index contributed by atoms with van der Waals surface area (Å²) in [5, 5.41) is 8.66. The lowest BCUT2D eigenvalue weighted by atomic mass is 9.95. The number of ether oxygens (including phenoxy) is 2. The van der Waals surface area contributed by atoms with Crippen LogP contribution in [0.15, 0.2) is 95.3 Å². The SMILES string of the molecule is CCCCSc1nc2n(n1)C(c1ccc(OCc3ccccc3F)cc1)C(C(=O)OCc1ccccc1)=C(C)N2. The lowest BCUT2D eigenvalue weighted by Crippen LogP contribution is -2.29. The summed E-state index contributed by atoms with van der Waals surface area (Å²) in [6, 6.07) is 23.0. The molecule has 0 aliphatic carbocycles. The van der Waals surface area contributed by atoms with Crippen molar-refractivity contribution in [2.75, 3.05) is 11.1 Å². The van der Waals surface area contributed by atoms with Gasteiger partial charge in [-0.15, -0.1) is 5.10 Å². The Morgan fingerprint density at radius 1 is 1.02 bits per heavy atom. The number of nitrogens with zero attached hydrogens (tertiary/aromatic N) is 3. The highest BCUT2D eigenvalue weighted by atomic mass is 32.2. The smallest absolute Gasteiger partial charge is 0.338 e. The van der Waals surface area contributed by atoms with Crippen molar-refractivity contribution in [3.63, 3.8) is 0 Å². The summed E-state index contributed by atoms with van der Waals surface area (Å²) in [5.41, 5.74) is 3.32. The van der Waals surface area contributed by atoms with Crippen LogP contribution in [0.3, 0.4) is 0 Å². The summed E-state index contributed by atoms with van der Waals surface area (Å²) in [7, 11) is 0. The van der Waals surface area contributed by atoms with Crippen LogP contribution in [0.25, 0.3) is 0 Å². The van der Waals surface area contributed by atoms with Crippen molar-refractivity contribution >= 4 is 23.7 Å². The Morgan fingerprint density at radius 2 is 1.77 bits per heavy atom. The zero-order valence-electron chi connectivity index (χ0n) is 22.5. The highest BCUT2D eigenvalue weighted by molar-refractivity contribution is 7.99. The molecule has 0 saturated heterocycles. The predicted octanol–water partition coefficient (Wildman–Crippen LogP) is 6.92. The number of halogens is 1. The molecule has 0 saturated carbocycles. The van der Waals surface area contributed by atoms with Crippen molar-refractivity contribution in [3.05, 3.63) is 113 Å². The summed E-state index contributed by atoms with van der Waals surface area (Å²) in [5.74, 6) is 1.33. The van der Waals surface area contributed by atoms with Gasteiger partial charge in [-0.1, -0.05) is 85.8 Å². The molecule has 1 aliphatic heterocycles. The number of carbonyl (C=O) groups is 1. The molecule has 1 aliphatic rings. The second-order valence-corrected chi connectivity index (χ2v) is 10.5. The maximum atomic E-state index is 14.0. The van der Waals surface area contributed by atoms with E-state index in [1.807, 2.05) is 61.5 Å². The molecule has 0 bridgehead atoms. The topological polar surface area (TPSA) is 78.3 Å². The van der Waals surface area contributed by atoms with Crippen molar-refractivity contribution in [1.82, 2.24) is 14.8 Å². The van der Waals surface area contributed by atoms with Crippen LogP contribution in [0, 0.1) is 5.82 Å². The fraction of sp³-hybridized carbons (Fsp3) is 0.258. The van der Waals surface area contributed by atoms with E-state index in [1.54, 1.807) is 34.6 Å². The van der Waals surface area contributed by atoms with Crippen molar-refractivity contribution in [3.8, 4) is 5.75 Å². The van der Waals surface area contributed by atoms with E-state index in [9.17, 15) is 9.18 Å². The molecule has 7 nitrogen and oxygen atoms in total. The van der Waals surface area contributed by atoms with Gasteiger partial charge in [0.25, 0.3) is 0 Å². The molecule has 1 aromatic heterocycles. The molecule has 9 heteroatoms. The van der Waals surface area contributed by atoms with E-state index in [2.05, 4.69) is 17.2 Å². The minimum absolute atomic E-state index is 0.112. The number of fused-ring (bicyclic) bond motifs is 1. The van der Waals surface area contributed by atoms with E-state index < -0.39 is 12.0 Å². The minimum Gasteiger partial charge on any atom is -0.489 e. The number of allylic oxidation sites excluding steroid dienone is 1. The molecule has 40 heavy (non-hydrogen) atoms. The first-order valence-corrected chi connectivity index (χ1v) is 14.3. The zero-order chi connectivity index (χ0) is 27.9. The van der Waals surface area contributed by atoms with Gasteiger partial charge in [-0.2, -0.15) is 4.98 Å². The second-order valence-electron chi connectivity index (χ2n) is 9.44. The lowest BCUT2D eigenvalue weighted by molar-refractivity contribution is -0.140. The summed E-state index contributed by atoms with van der Waals surface area (Å²) in [4.78, 5) is 18.2. The molecule has 0 fully saturated rings. The molecule has 2 heterocycles. The first-order valence-electron chi connectivity index (χ1n) is 13.3. The van der Waals surface area contributed by atoms with E-state index in [-0.39, 0.29) is 19.0 Å². The molecule has 1 unspecified atom stereocenters. The number of rotatable bonds is 11. The number of hydrogen-bond acceptors (Lipinski definition) is 7. The average molecular weight is 559 g/mol. The third kappa shape index (κ3) is 6.37. The van der Waals surface area contributed by atoms with E-state index in [0.717, 1.165) is 29.7 Å². The van der Waals surface area contributed by atoms with E-state index in [0.29, 0.717) is 33.7 Å². The molecule has 4 aromatic rings. The molecule has 0 spiro atoms. The molecule has 5 rings (SSSR count). The van der Waals surface area contributed by atoms with Gasteiger partial charge in [-0.3, -0.25) is 0 Å². The number of anilines is 1. The van der Waals surface area contributed by atoms with Crippen LogP contribution in [0.4, 0.5) is 10.3 Å². The number of nitrogens with one attached hydrogen (secondary N) is 1. The first kappa shape index (κ1) is 27.5. The first-order chi connectivity index (χ1) is 19.5. The monoisotopic (exact) mass is 558 g/mol. The fourth-order valence-corrected chi connectivity index (χ4v) is 5.31. The molecular formula is C31H31FN4O3S.